The molecule has 2 unspecified atom stereocenters. The van der Waals surface area contributed by atoms with Crippen LogP contribution >= 0.6 is 11.3 Å². The van der Waals surface area contributed by atoms with Crippen LogP contribution in [0.15, 0.2) is 22.5 Å². The number of nitrogens with zero attached hydrogens (tertiary/aromatic N) is 2. The normalized spacial score (nSPS) is 15.5. The number of nitrogens with one attached hydrogen (secondary N) is 2. The van der Waals surface area contributed by atoms with E-state index >= 15 is 0 Å². The fraction of sp³-hybridized carbons (Fsp3) is 0.667. The maximum atomic E-state index is 11.2. The monoisotopic (exact) mass is 360 g/mol. The molecule has 0 radical (unpaired) electrons. The zero-order chi connectivity index (χ0) is 17.5. The van der Waals surface area contributed by atoms with Gasteiger partial charge in [0.2, 0.25) is 0 Å². The molecule has 2 atom stereocenters. The summed E-state index contributed by atoms with van der Waals surface area (Å²) >= 11 is 1.73. The highest BCUT2D eigenvalue weighted by Crippen LogP contribution is 2.22. The minimum absolute atomic E-state index is 0.0375. The second-order valence-electron chi connectivity index (χ2n) is 5.91. The first kappa shape index (κ1) is 19.9. The van der Waals surface area contributed by atoms with Gasteiger partial charge in [0.25, 0.3) is 0 Å². The van der Waals surface area contributed by atoms with E-state index in [-0.39, 0.29) is 17.8 Å². The van der Waals surface area contributed by atoms with Gasteiger partial charge in [0.15, 0.2) is 5.96 Å². The third-order valence-electron chi connectivity index (χ3n) is 3.49. The van der Waals surface area contributed by atoms with E-state index in [1.807, 2.05) is 6.92 Å². The Morgan fingerprint density at radius 3 is 2.61 bits per heavy atom. The first-order valence-electron chi connectivity index (χ1n) is 7.57. The molecule has 1 aromatic heterocycles. The van der Waals surface area contributed by atoms with Crippen molar-refractivity contribution in [2.75, 3.05) is 39.7 Å². The van der Waals surface area contributed by atoms with Gasteiger partial charge < -0.3 is 15.5 Å². The lowest BCUT2D eigenvalue weighted by molar-refractivity contribution is 0.302. The van der Waals surface area contributed by atoms with Crippen LogP contribution in [0.1, 0.15) is 24.3 Å². The number of sulfone groups is 1. The van der Waals surface area contributed by atoms with E-state index in [0.717, 1.165) is 6.54 Å². The van der Waals surface area contributed by atoms with Crippen LogP contribution < -0.4 is 10.6 Å². The highest BCUT2D eigenvalue weighted by Gasteiger charge is 2.16. The Bertz CT molecular complexity index is 583. The van der Waals surface area contributed by atoms with Gasteiger partial charge in [-0.05, 0) is 38.9 Å². The number of likely N-dealkylation sites (N-methyl/N-ethyl adjacent to an activating group) is 1. The lowest BCUT2D eigenvalue weighted by atomic mass is 10.2. The quantitative estimate of drug-likeness (QED) is 0.541. The van der Waals surface area contributed by atoms with Crippen molar-refractivity contribution in [3.8, 4) is 0 Å². The van der Waals surface area contributed by atoms with Gasteiger partial charge in [-0.25, -0.2) is 8.42 Å². The second kappa shape index (κ2) is 9.24. The molecule has 0 aliphatic heterocycles. The second-order valence-corrected chi connectivity index (χ2v) is 9.15. The van der Waals surface area contributed by atoms with Gasteiger partial charge in [0, 0.05) is 30.8 Å². The number of hydrogen-bond donors (Lipinski definition) is 2. The Kier molecular flexibility index (Phi) is 8.01. The largest absolute Gasteiger partial charge is 0.354 e. The fourth-order valence-electron chi connectivity index (χ4n) is 2.10. The van der Waals surface area contributed by atoms with Crippen LogP contribution in [0.5, 0.6) is 0 Å². The maximum Gasteiger partial charge on any atom is 0.191 e. The Balaban J connectivity index is 2.52. The van der Waals surface area contributed by atoms with Crippen molar-refractivity contribution in [3.63, 3.8) is 0 Å². The maximum absolute atomic E-state index is 11.2. The zero-order valence-corrected chi connectivity index (χ0v) is 16.2. The molecule has 0 saturated heterocycles. The highest BCUT2D eigenvalue weighted by molar-refractivity contribution is 7.90. The van der Waals surface area contributed by atoms with Crippen LogP contribution in [0, 0.1) is 0 Å². The smallest absolute Gasteiger partial charge is 0.191 e. The minimum Gasteiger partial charge on any atom is -0.354 e. The van der Waals surface area contributed by atoms with Gasteiger partial charge >= 0.3 is 0 Å². The third-order valence-corrected chi connectivity index (χ3v) is 5.44. The van der Waals surface area contributed by atoms with E-state index in [1.165, 1.54) is 11.1 Å². The van der Waals surface area contributed by atoms with Gasteiger partial charge in [-0.1, -0.05) is 6.07 Å². The topological polar surface area (TPSA) is 73.8 Å². The Morgan fingerprint density at radius 1 is 1.43 bits per heavy atom. The van der Waals surface area contributed by atoms with E-state index in [0.29, 0.717) is 12.4 Å². The van der Waals surface area contributed by atoms with Crippen molar-refractivity contribution in [2.24, 2.45) is 4.99 Å². The number of rotatable bonds is 8. The van der Waals surface area contributed by atoms with Crippen molar-refractivity contribution in [2.45, 2.75) is 25.4 Å². The molecule has 6 nitrogen and oxygen atoms in total. The number of thiophene rings is 1. The summed E-state index contributed by atoms with van der Waals surface area (Å²) in [6.07, 6.45) is 1.82. The Morgan fingerprint density at radius 2 is 2.13 bits per heavy atom. The zero-order valence-electron chi connectivity index (χ0n) is 14.5. The van der Waals surface area contributed by atoms with Crippen LogP contribution in [0.2, 0.25) is 0 Å². The van der Waals surface area contributed by atoms with Crippen molar-refractivity contribution >= 4 is 27.1 Å². The standard InChI is InChI=1S/C15H28N4O2S2/c1-12(8-10-23(5,20)21)18-15(16-2)17-11-13(19(3)4)14-7-6-9-22-14/h6-7,9,12-13H,8,10-11H2,1-5H3,(H2,16,17,18). The number of guanidine groups is 1. The SMILES string of the molecule is CN=C(NCC(c1cccs1)N(C)C)NC(C)CCS(C)(=O)=O. The molecule has 8 heteroatoms. The summed E-state index contributed by atoms with van der Waals surface area (Å²) in [5, 5.41) is 8.64. The lowest BCUT2D eigenvalue weighted by Crippen LogP contribution is -2.45. The van der Waals surface area contributed by atoms with E-state index in [1.54, 1.807) is 18.4 Å². The summed E-state index contributed by atoms with van der Waals surface area (Å²) < 4.78 is 22.5. The van der Waals surface area contributed by atoms with Crippen LogP contribution in [0.4, 0.5) is 0 Å². The molecule has 0 aromatic carbocycles. The molecule has 132 valence electrons. The molecule has 0 aliphatic carbocycles. The van der Waals surface area contributed by atoms with Crippen molar-refractivity contribution < 1.29 is 8.42 Å². The van der Waals surface area contributed by atoms with Crippen LogP contribution in [0.25, 0.3) is 0 Å². The molecule has 0 amide bonds. The molecule has 0 spiro atoms. The summed E-state index contributed by atoms with van der Waals surface area (Å²) in [5.41, 5.74) is 0. The summed E-state index contributed by atoms with van der Waals surface area (Å²) in [6.45, 7) is 2.69. The summed E-state index contributed by atoms with van der Waals surface area (Å²) in [7, 11) is 2.89. The average Bonchev–Trinajstić information content (AvgIpc) is 2.97. The first-order chi connectivity index (χ1) is 10.7. The Labute approximate surface area is 143 Å². The highest BCUT2D eigenvalue weighted by atomic mass is 32.2. The van der Waals surface area contributed by atoms with E-state index in [2.05, 4.69) is 52.1 Å². The van der Waals surface area contributed by atoms with Crippen molar-refractivity contribution in [1.29, 1.82) is 0 Å². The van der Waals surface area contributed by atoms with Crippen molar-refractivity contribution in [1.82, 2.24) is 15.5 Å². The van der Waals surface area contributed by atoms with E-state index in [4.69, 9.17) is 0 Å². The molecular weight excluding hydrogens is 332 g/mol. The van der Waals surface area contributed by atoms with Crippen molar-refractivity contribution in [3.05, 3.63) is 22.4 Å². The molecule has 1 aromatic rings. The summed E-state index contributed by atoms with van der Waals surface area (Å²) in [6, 6.07) is 4.48. The van der Waals surface area contributed by atoms with E-state index < -0.39 is 9.84 Å². The fourth-order valence-corrected chi connectivity index (χ4v) is 3.81. The molecule has 1 heterocycles. The molecule has 1 rings (SSSR count). The number of hydrogen-bond acceptors (Lipinski definition) is 5. The van der Waals surface area contributed by atoms with Gasteiger partial charge in [0.1, 0.15) is 9.84 Å². The summed E-state index contributed by atoms with van der Waals surface area (Å²) in [5.74, 6) is 0.864. The van der Waals surface area contributed by atoms with Gasteiger partial charge in [0.05, 0.1) is 11.8 Å². The third kappa shape index (κ3) is 7.81. The average molecular weight is 361 g/mol. The molecule has 2 N–H and O–H groups in total. The number of aliphatic imine (C=N–C) groups is 1. The van der Waals surface area contributed by atoms with Crippen LogP contribution in [-0.4, -0.2) is 65.0 Å². The van der Waals surface area contributed by atoms with Gasteiger partial charge in [-0.3, -0.25) is 4.99 Å². The molecule has 0 aliphatic rings. The summed E-state index contributed by atoms with van der Waals surface area (Å²) in [4.78, 5) is 7.68. The molecule has 0 saturated carbocycles. The van der Waals surface area contributed by atoms with Crippen LogP contribution in [0.3, 0.4) is 0 Å². The predicted octanol–water partition coefficient (Wildman–Crippen LogP) is 1.34. The van der Waals surface area contributed by atoms with Gasteiger partial charge in [-0.2, -0.15) is 0 Å². The van der Waals surface area contributed by atoms with E-state index in [9.17, 15) is 8.42 Å². The predicted molar refractivity (Wildman–Crippen MR) is 99.0 cm³/mol. The minimum atomic E-state index is -2.93. The Hall–Kier alpha value is -1.12. The first-order valence-corrected chi connectivity index (χ1v) is 10.5. The molecule has 0 bridgehead atoms. The van der Waals surface area contributed by atoms with Crippen LogP contribution in [-0.2, 0) is 9.84 Å². The molecular formula is C15H28N4O2S2. The molecule has 0 fully saturated rings. The van der Waals surface area contributed by atoms with Gasteiger partial charge in [-0.15, -0.1) is 11.3 Å². The molecule has 23 heavy (non-hydrogen) atoms. The lowest BCUT2D eigenvalue weighted by Gasteiger charge is -2.25.